The number of benzene rings is 1. The van der Waals surface area contributed by atoms with Crippen LogP contribution < -0.4 is 10.1 Å². The largest absolute Gasteiger partial charge is 0.484 e. The van der Waals surface area contributed by atoms with E-state index < -0.39 is 10.8 Å². The predicted molar refractivity (Wildman–Crippen MR) is 96.0 cm³/mol. The number of aromatic nitrogens is 1. The maximum absolute atomic E-state index is 12.1. The van der Waals surface area contributed by atoms with Crippen LogP contribution in [0.25, 0.3) is 0 Å². The van der Waals surface area contributed by atoms with Gasteiger partial charge < -0.3 is 14.5 Å². The predicted octanol–water partition coefficient (Wildman–Crippen LogP) is 4.18. The van der Waals surface area contributed by atoms with Gasteiger partial charge in [0, 0.05) is 6.07 Å². The maximum atomic E-state index is 12.1. The average molecular weight is 418 g/mol. The standard InChI is InChI=1S/C17H12BrN3O5/c18-13-3-1-2-4-14(13)25-10-12-6-7-15(26-12)17(22)20-16-8-5-11(9-19-16)21(23)24/h1-9H,10H2,(H,19,20,22). The number of amides is 1. The minimum atomic E-state index is -0.567. The fourth-order valence-corrected chi connectivity index (χ4v) is 2.43. The van der Waals surface area contributed by atoms with Gasteiger partial charge in [0.25, 0.3) is 11.6 Å². The molecular formula is C17H12BrN3O5. The molecule has 1 N–H and O–H groups in total. The summed E-state index contributed by atoms with van der Waals surface area (Å²) in [6.07, 6.45) is 1.06. The molecule has 1 aromatic carbocycles. The lowest BCUT2D eigenvalue weighted by Gasteiger charge is -2.06. The number of nitrogens with one attached hydrogen (secondary N) is 1. The van der Waals surface area contributed by atoms with E-state index in [9.17, 15) is 14.9 Å². The molecular weight excluding hydrogens is 406 g/mol. The molecule has 0 saturated heterocycles. The van der Waals surface area contributed by atoms with Crippen LogP contribution in [0.5, 0.6) is 5.75 Å². The lowest BCUT2D eigenvalue weighted by Crippen LogP contribution is -2.12. The van der Waals surface area contributed by atoms with Crippen molar-refractivity contribution in [2.45, 2.75) is 6.61 Å². The number of carbonyl (C=O) groups is 1. The van der Waals surface area contributed by atoms with E-state index in [1.807, 2.05) is 18.2 Å². The van der Waals surface area contributed by atoms with E-state index in [0.717, 1.165) is 10.7 Å². The number of carbonyl (C=O) groups excluding carboxylic acids is 1. The first-order valence-electron chi connectivity index (χ1n) is 7.41. The van der Waals surface area contributed by atoms with Crippen LogP contribution in [-0.4, -0.2) is 15.8 Å². The number of halogens is 1. The summed E-state index contributed by atoms with van der Waals surface area (Å²) < 4.78 is 11.9. The third kappa shape index (κ3) is 4.25. The van der Waals surface area contributed by atoms with Crippen LogP contribution in [0.15, 0.2) is 63.6 Å². The first-order valence-corrected chi connectivity index (χ1v) is 8.20. The van der Waals surface area contributed by atoms with Gasteiger partial charge in [-0.25, -0.2) is 4.98 Å². The molecule has 3 aromatic rings. The van der Waals surface area contributed by atoms with Crippen LogP contribution in [0.1, 0.15) is 16.3 Å². The Morgan fingerprint density at radius 2 is 2.04 bits per heavy atom. The van der Waals surface area contributed by atoms with Crippen molar-refractivity contribution in [3.63, 3.8) is 0 Å². The molecule has 0 aliphatic heterocycles. The van der Waals surface area contributed by atoms with Gasteiger partial charge in [0.1, 0.15) is 30.1 Å². The second-order valence-electron chi connectivity index (χ2n) is 5.10. The Labute approximate surface area is 156 Å². The summed E-state index contributed by atoms with van der Waals surface area (Å²) in [5, 5.41) is 13.1. The monoisotopic (exact) mass is 417 g/mol. The first-order chi connectivity index (χ1) is 12.5. The molecule has 2 heterocycles. The molecule has 0 aliphatic rings. The van der Waals surface area contributed by atoms with E-state index >= 15 is 0 Å². The Balaban J connectivity index is 1.60. The molecule has 132 valence electrons. The molecule has 0 spiro atoms. The highest BCUT2D eigenvalue weighted by Gasteiger charge is 2.14. The van der Waals surface area contributed by atoms with Crippen molar-refractivity contribution in [1.29, 1.82) is 0 Å². The Morgan fingerprint density at radius 3 is 2.73 bits per heavy atom. The van der Waals surface area contributed by atoms with Gasteiger partial charge in [0.2, 0.25) is 0 Å². The number of rotatable bonds is 6. The summed E-state index contributed by atoms with van der Waals surface area (Å²) in [6.45, 7) is 0.158. The highest BCUT2D eigenvalue weighted by atomic mass is 79.9. The zero-order valence-electron chi connectivity index (χ0n) is 13.2. The van der Waals surface area contributed by atoms with Gasteiger partial charge in [-0.1, -0.05) is 12.1 Å². The van der Waals surface area contributed by atoms with Crippen molar-refractivity contribution in [2.24, 2.45) is 0 Å². The van der Waals surface area contributed by atoms with Crippen molar-refractivity contribution < 1.29 is 18.9 Å². The molecule has 0 aliphatic carbocycles. The van der Waals surface area contributed by atoms with Gasteiger partial charge >= 0.3 is 0 Å². The molecule has 0 bridgehead atoms. The molecule has 26 heavy (non-hydrogen) atoms. The average Bonchev–Trinajstić information content (AvgIpc) is 3.11. The van der Waals surface area contributed by atoms with E-state index in [2.05, 4.69) is 26.2 Å². The number of pyridine rings is 1. The molecule has 0 fully saturated rings. The minimum absolute atomic E-state index is 0.0795. The molecule has 2 aromatic heterocycles. The lowest BCUT2D eigenvalue weighted by atomic mass is 10.3. The van der Waals surface area contributed by atoms with Gasteiger partial charge in [-0.15, -0.1) is 0 Å². The van der Waals surface area contributed by atoms with E-state index in [1.165, 1.54) is 18.2 Å². The fraction of sp³-hybridized carbons (Fsp3) is 0.0588. The smallest absolute Gasteiger partial charge is 0.292 e. The highest BCUT2D eigenvalue weighted by Crippen LogP contribution is 2.25. The normalized spacial score (nSPS) is 10.3. The Bertz CT molecular complexity index is 940. The molecule has 8 nitrogen and oxygen atoms in total. The number of nitro groups is 1. The topological polar surface area (TPSA) is 108 Å². The summed E-state index contributed by atoms with van der Waals surface area (Å²) in [7, 11) is 0. The summed E-state index contributed by atoms with van der Waals surface area (Å²) >= 11 is 3.38. The number of nitrogens with zero attached hydrogens (tertiary/aromatic N) is 2. The van der Waals surface area contributed by atoms with E-state index in [-0.39, 0.29) is 23.9 Å². The quantitative estimate of drug-likeness (QED) is 0.476. The van der Waals surface area contributed by atoms with Crippen LogP contribution >= 0.6 is 15.9 Å². The molecule has 0 atom stereocenters. The summed E-state index contributed by atoms with van der Waals surface area (Å²) in [4.78, 5) is 26.0. The zero-order valence-corrected chi connectivity index (χ0v) is 14.8. The van der Waals surface area contributed by atoms with Gasteiger partial charge in [-0.05, 0) is 46.3 Å². The van der Waals surface area contributed by atoms with Crippen molar-refractivity contribution in [1.82, 2.24) is 4.98 Å². The minimum Gasteiger partial charge on any atom is -0.484 e. The number of ether oxygens (including phenoxy) is 1. The molecule has 0 saturated carbocycles. The van der Waals surface area contributed by atoms with Gasteiger partial charge in [-0.2, -0.15) is 0 Å². The molecule has 0 unspecified atom stereocenters. The Kier molecular flexibility index (Phi) is 5.28. The highest BCUT2D eigenvalue weighted by molar-refractivity contribution is 9.10. The number of anilines is 1. The lowest BCUT2D eigenvalue weighted by molar-refractivity contribution is -0.385. The Morgan fingerprint density at radius 1 is 1.23 bits per heavy atom. The summed E-state index contributed by atoms with van der Waals surface area (Å²) in [6, 6.07) is 13.1. The summed E-state index contributed by atoms with van der Waals surface area (Å²) in [5.74, 6) is 0.880. The van der Waals surface area contributed by atoms with Gasteiger partial charge in [-0.3, -0.25) is 14.9 Å². The number of furan rings is 1. The SMILES string of the molecule is O=C(Nc1ccc([N+](=O)[O-])cn1)c1ccc(COc2ccccc2Br)o1. The van der Waals surface area contributed by atoms with E-state index in [4.69, 9.17) is 9.15 Å². The van der Waals surface area contributed by atoms with Crippen LogP contribution in [0.2, 0.25) is 0 Å². The molecule has 3 rings (SSSR count). The van der Waals surface area contributed by atoms with Crippen LogP contribution in [0.4, 0.5) is 11.5 Å². The van der Waals surface area contributed by atoms with Crippen LogP contribution in [-0.2, 0) is 6.61 Å². The van der Waals surface area contributed by atoms with Gasteiger partial charge in [0.05, 0.1) is 9.40 Å². The molecule has 1 amide bonds. The van der Waals surface area contributed by atoms with Crippen LogP contribution in [0, 0.1) is 10.1 Å². The van der Waals surface area contributed by atoms with Crippen molar-refractivity contribution in [3.8, 4) is 5.75 Å². The maximum Gasteiger partial charge on any atom is 0.292 e. The first kappa shape index (κ1) is 17.6. The van der Waals surface area contributed by atoms with E-state index in [1.54, 1.807) is 12.1 Å². The summed E-state index contributed by atoms with van der Waals surface area (Å²) in [5.41, 5.74) is -0.160. The second-order valence-corrected chi connectivity index (χ2v) is 5.95. The van der Waals surface area contributed by atoms with Crippen molar-refractivity contribution in [3.05, 3.63) is 80.8 Å². The molecule has 9 heteroatoms. The van der Waals surface area contributed by atoms with Gasteiger partial charge in [0.15, 0.2) is 5.76 Å². The number of hydrogen-bond donors (Lipinski definition) is 1. The van der Waals surface area contributed by atoms with Crippen LogP contribution in [0.3, 0.4) is 0 Å². The molecule has 0 radical (unpaired) electrons. The third-order valence-electron chi connectivity index (χ3n) is 3.29. The number of para-hydroxylation sites is 1. The number of hydrogen-bond acceptors (Lipinski definition) is 6. The van der Waals surface area contributed by atoms with E-state index in [0.29, 0.717) is 11.5 Å². The second kappa shape index (κ2) is 7.79. The van der Waals surface area contributed by atoms with Crippen molar-refractivity contribution in [2.75, 3.05) is 5.32 Å². The Hall–Kier alpha value is -3.20. The third-order valence-corrected chi connectivity index (χ3v) is 3.95. The zero-order chi connectivity index (χ0) is 18.5. The fourth-order valence-electron chi connectivity index (χ4n) is 2.03. The van der Waals surface area contributed by atoms with Crippen molar-refractivity contribution >= 4 is 33.3 Å².